The van der Waals surface area contributed by atoms with Crippen molar-refractivity contribution in [3.8, 4) is 0 Å². The molecule has 1 aliphatic heterocycles. The fourth-order valence-electron chi connectivity index (χ4n) is 2.79. The molecular formula is C15H21N3O2S2. The van der Waals surface area contributed by atoms with Gasteiger partial charge in [0, 0.05) is 19.3 Å². The topological polar surface area (TPSA) is 63.2 Å². The van der Waals surface area contributed by atoms with Gasteiger partial charge >= 0.3 is 0 Å². The Bertz CT molecular complexity index is 806. The first-order chi connectivity index (χ1) is 10.3. The minimum Gasteiger partial charge on any atom is -0.353 e. The van der Waals surface area contributed by atoms with Crippen molar-refractivity contribution in [2.75, 3.05) is 24.2 Å². The highest BCUT2D eigenvalue weighted by molar-refractivity contribution is 7.91. The number of hydrogen-bond donors (Lipinski definition) is 0. The minimum atomic E-state index is -2.97. The summed E-state index contributed by atoms with van der Waals surface area (Å²) in [5, 5.41) is 3.00. The van der Waals surface area contributed by atoms with Gasteiger partial charge in [0.2, 0.25) is 0 Å². The SMILES string of the molecule is Cc1nc(N2CC(S(C)(=O)=O)C2)c2c(CC(C)C)csc2n1. The molecule has 0 aliphatic carbocycles. The molecule has 120 valence electrons. The van der Waals surface area contributed by atoms with Gasteiger partial charge in [-0.15, -0.1) is 11.3 Å². The van der Waals surface area contributed by atoms with Crippen LogP contribution < -0.4 is 4.90 Å². The van der Waals surface area contributed by atoms with E-state index < -0.39 is 9.84 Å². The first-order valence-electron chi connectivity index (χ1n) is 7.44. The maximum Gasteiger partial charge on any atom is 0.153 e. The number of aromatic nitrogens is 2. The van der Waals surface area contributed by atoms with E-state index in [-0.39, 0.29) is 5.25 Å². The van der Waals surface area contributed by atoms with E-state index in [1.807, 2.05) is 6.92 Å². The molecule has 2 aromatic rings. The lowest BCUT2D eigenvalue weighted by atomic mass is 10.0. The van der Waals surface area contributed by atoms with Crippen LogP contribution in [0.1, 0.15) is 25.2 Å². The Morgan fingerprint density at radius 2 is 2.05 bits per heavy atom. The highest BCUT2D eigenvalue weighted by Crippen LogP contribution is 2.35. The molecule has 2 aromatic heterocycles. The van der Waals surface area contributed by atoms with Crippen LogP contribution in [0.15, 0.2) is 5.38 Å². The summed E-state index contributed by atoms with van der Waals surface area (Å²) in [6.45, 7) is 7.34. The molecule has 1 fully saturated rings. The number of hydrogen-bond acceptors (Lipinski definition) is 6. The zero-order valence-electron chi connectivity index (χ0n) is 13.3. The second-order valence-corrected chi connectivity index (χ2v) is 9.67. The highest BCUT2D eigenvalue weighted by Gasteiger charge is 2.36. The number of aryl methyl sites for hydroxylation is 1. The lowest BCUT2D eigenvalue weighted by Gasteiger charge is -2.39. The molecule has 0 bridgehead atoms. The van der Waals surface area contributed by atoms with Crippen LogP contribution in [0.5, 0.6) is 0 Å². The molecule has 0 spiro atoms. The Labute approximate surface area is 135 Å². The first kappa shape index (κ1) is 15.7. The second kappa shape index (κ2) is 5.45. The molecular weight excluding hydrogens is 318 g/mol. The van der Waals surface area contributed by atoms with Crippen LogP contribution in [0.4, 0.5) is 5.82 Å². The van der Waals surface area contributed by atoms with E-state index in [1.54, 1.807) is 11.3 Å². The molecule has 7 heteroatoms. The Balaban J connectivity index is 2.00. The summed E-state index contributed by atoms with van der Waals surface area (Å²) in [6, 6.07) is 0. The van der Waals surface area contributed by atoms with Crippen molar-refractivity contribution in [1.29, 1.82) is 0 Å². The molecule has 0 atom stereocenters. The number of rotatable bonds is 4. The van der Waals surface area contributed by atoms with Crippen molar-refractivity contribution in [3.05, 3.63) is 16.8 Å². The molecule has 0 unspecified atom stereocenters. The van der Waals surface area contributed by atoms with Gasteiger partial charge in [0.1, 0.15) is 16.5 Å². The summed E-state index contributed by atoms with van der Waals surface area (Å²) in [4.78, 5) is 12.2. The van der Waals surface area contributed by atoms with Crippen LogP contribution in [0.2, 0.25) is 0 Å². The molecule has 3 heterocycles. The smallest absolute Gasteiger partial charge is 0.153 e. The molecule has 0 saturated carbocycles. The van der Waals surface area contributed by atoms with Crippen LogP contribution in [-0.2, 0) is 16.3 Å². The van der Waals surface area contributed by atoms with Crippen LogP contribution in [0.3, 0.4) is 0 Å². The summed E-state index contributed by atoms with van der Waals surface area (Å²) in [5.41, 5.74) is 1.27. The quantitative estimate of drug-likeness (QED) is 0.856. The largest absolute Gasteiger partial charge is 0.353 e. The average molecular weight is 339 g/mol. The van der Waals surface area contributed by atoms with Gasteiger partial charge in [-0.2, -0.15) is 0 Å². The van der Waals surface area contributed by atoms with Crippen molar-refractivity contribution < 1.29 is 8.42 Å². The van der Waals surface area contributed by atoms with Gasteiger partial charge < -0.3 is 4.90 Å². The number of fused-ring (bicyclic) bond motifs is 1. The molecule has 1 saturated heterocycles. The van der Waals surface area contributed by atoms with Gasteiger partial charge in [0.05, 0.1) is 10.6 Å². The standard InChI is InChI=1S/C15H21N3O2S2/c1-9(2)5-11-8-21-15-13(11)14(16-10(3)17-15)18-6-12(7-18)22(4,19)20/h8-9,12H,5-7H2,1-4H3. The lowest BCUT2D eigenvalue weighted by molar-refractivity contribution is 0.544. The third kappa shape index (κ3) is 2.84. The van der Waals surface area contributed by atoms with Gasteiger partial charge in [-0.1, -0.05) is 13.8 Å². The predicted octanol–water partition coefficient (Wildman–Crippen LogP) is 2.43. The normalized spacial score (nSPS) is 16.5. The number of nitrogens with zero attached hydrogens (tertiary/aromatic N) is 3. The predicted molar refractivity (Wildman–Crippen MR) is 91.5 cm³/mol. The van der Waals surface area contributed by atoms with Gasteiger partial charge in [-0.05, 0) is 30.2 Å². The lowest BCUT2D eigenvalue weighted by Crippen LogP contribution is -2.55. The first-order valence-corrected chi connectivity index (χ1v) is 10.3. The molecule has 3 rings (SSSR count). The molecule has 22 heavy (non-hydrogen) atoms. The van der Waals surface area contributed by atoms with Gasteiger partial charge in [0.15, 0.2) is 9.84 Å². The molecule has 0 amide bonds. The average Bonchev–Trinajstić information content (AvgIpc) is 2.67. The second-order valence-electron chi connectivity index (χ2n) is 6.49. The number of anilines is 1. The van der Waals surface area contributed by atoms with E-state index >= 15 is 0 Å². The van der Waals surface area contributed by atoms with Crippen LogP contribution in [0.25, 0.3) is 10.2 Å². The van der Waals surface area contributed by atoms with Crippen LogP contribution >= 0.6 is 11.3 Å². The Hall–Kier alpha value is -1.21. The van der Waals surface area contributed by atoms with Crippen molar-refractivity contribution in [3.63, 3.8) is 0 Å². The minimum absolute atomic E-state index is 0.273. The van der Waals surface area contributed by atoms with E-state index in [1.165, 1.54) is 11.8 Å². The fraction of sp³-hybridized carbons (Fsp3) is 0.600. The van der Waals surface area contributed by atoms with E-state index in [2.05, 4.69) is 34.1 Å². The highest BCUT2D eigenvalue weighted by atomic mass is 32.2. The van der Waals surface area contributed by atoms with E-state index in [9.17, 15) is 8.42 Å². The van der Waals surface area contributed by atoms with Crippen LogP contribution in [0, 0.1) is 12.8 Å². The monoisotopic (exact) mass is 339 g/mol. The zero-order valence-corrected chi connectivity index (χ0v) is 15.0. The van der Waals surface area contributed by atoms with Crippen molar-refractivity contribution in [2.45, 2.75) is 32.4 Å². The van der Waals surface area contributed by atoms with Crippen molar-refractivity contribution >= 4 is 37.2 Å². The van der Waals surface area contributed by atoms with E-state index in [0.717, 1.165) is 28.3 Å². The maximum absolute atomic E-state index is 11.6. The third-order valence-corrected chi connectivity index (χ3v) is 6.41. The summed E-state index contributed by atoms with van der Waals surface area (Å²) >= 11 is 1.65. The summed E-state index contributed by atoms with van der Waals surface area (Å²) in [7, 11) is -2.97. The van der Waals surface area contributed by atoms with Crippen molar-refractivity contribution in [1.82, 2.24) is 9.97 Å². The third-order valence-electron chi connectivity index (χ3n) is 3.98. The van der Waals surface area contributed by atoms with Gasteiger partial charge in [-0.3, -0.25) is 0 Å². The maximum atomic E-state index is 11.6. The molecule has 1 aliphatic rings. The van der Waals surface area contributed by atoms with Gasteiger partial charge in [-0.25, -0.2) is 18.4 Å². The summed E-state index contributed by atoms with van der Waals surface area (Å²) in [6.07, 6.45) is 2.30. The Kier molecular flexibility index (Phi) is 3.89. The molecule has 0 aromatic carbocycles. The Morgan fingerprint density at radius 1 is 1.36 bits per heavy atom. The number of sulfone groups is 1. The van der Waals surface area contributed by atoms with Crippen LogP contribution in [-0.4, -0.2) is 43.0 Å². The molecule has 0 radical (unpaired) electrons. The number of thiophene rings is 1. The van der Waals surface area contributed by atoms with E-state index in [0.29, 0.717) is 19.0 Å². The zero-order chi connectivity index (χ0) is 16.1. The summed E-state index contributed by atoms with van der Waals surface area (Å²) in [5.74, 6) is 2.20. The Morgan fingerprint density at radius 3 is 2.64 bits per heavy atom. The fourth-order valence-corrected chi connectivity index (χ4v) is 4.68. The molecule has 5 nitrogen and oxygen atoms in total. The van der Waals surface area contributed by atoms with Gasteiger partial charge in [0.25, 0.3) is 0 Å². The summed E-state index contributed by atoms with van der Waals surface area (Å²) < 4.78 is 23.3. The molecule has 0 N–H and O–H groups in total. The van der Waals surface area contributed by atoms with E-state index in [4.69, 9.17) is 0 Å². The van der Waals surface area contributed by atoms with Crippen molar-refractivity contribution in [2.24, 2.45) is 5.92 Å².